The van der Waals surface area contributed by atoms with Gasteiger partial charge in [-0.05, 0) is 166 Å². The molecule has 4 aromatic rings. The van der Waals surface area contributed by atoms with Gasteiger partial charge in [0.25, 0.3) is 5.35 Å². The van der Waals surface area contributed by atoms with Gasteiger partial charge in [0.2, 0.25) is 43.7 Å². The topological polar surface area (TPSA) is 335 Å². The number of aliphatic hydroxyl groups is 1. The van der Waals surface area contributed by atoms with Crippen molar-refractivity contribution in [3.63, 3.8) is 0 Å². The molecule has 12 rings (SSSR count). The molecule has 24 nitrogen and oxygen atoms in total. The van der Waals surface area contributed by atoms with Gasteiger partial charge in [0.15, 0.2) is 22.7 Å². The van der Waals surface area contributed by atoms with E-state index in [1.54, 1.807) is 41.5 Å². The molecular weight excluding hydrogens is 1350 g/mol. The highest BCUT2D eigenvalue weighted by Crippen LogP contribution is 2.59. The van der Waals surface area contributed by atoms with E-state index in [-0.39, 0.29) is 97.9 Å². The summed E-state index contributed by atoms with van der Waals surface area (Å²) in [5, 5.41) is 9.30. The van der Waals surface area contributed by atoms with Crippen LogP contribution in [0, 0.1) is 46.1 Å². The minimum Gasteiger partial charge on any atom is -0.460 e. The van der Waals surface area contributed by atoms with E-state index in [1.165, 1.54) is 46.2 Å². The second-order valence-corrected chi connectivity index (χ2v) is 34.0. The Morgan fingerprint density at radius 1 is 0.626 bits per heavy atom. The monoisotopic (exact) mass is 1440 g/mol. The van der Waals surface area contributed by atoms with Crippen LogP contribution in [0.4, 0.5) is 8.78 Å². The number of nitrogens with one attached hydrogen (secondary N) is 2. The number of esters is 2. The first-order valence-corrected chi connectivity index (χ1v) is 37.8. The number of ether oxygens (including phenoxy) is 3. The van der Waals surface area contributed by atoms with Crippen molar-refractivity contribution in [1.29, 1.82) is 0 Å². The third-order valence-electron chi connectivity index (χ3n) is 19.3. The summed E-state index contributed by atoms with van der Waals surface area (Å²) in [7, 11) is -7.63. The van der Waals surface area contributed by atoms with Gasteiger partial charge in [-0.1, -0.05) is 50.0 Å². The van der Waals surface area contributed by atoms with Gasteiger partial charge >= 0.3 is 18.0 Å². The van der Waals surface area contributed by atoms with Crippen molar-refractivity contribution in [1.82, 2.24) is 29.2 Å². The number of hydrogen-bond acceptors (Lipinski definition) is 20. The molecule has 99 heavy (non-hydrogen) atoms. The number of oxazole rings is 2. The number of ketones is 2. The number of Topliss-reactive ketones (excluding diaryl/α,β-unsaturated/α-hetero) is 2. The lowest BCUT2D eigenvalue weighted by Crippen LogP contribution is -2.46. The standard InChI is InChI=1S/C35H44FN3O9S.C28H42N2O8S.C7H3ClFNO/c1-34(2,3)48-30(41)15-21-9-7-5-4-6-8-10-22-18-35(22,32(43)38-49(44,45)25-12-13-25)19-28(40)27-17-24(20-39(27)31(21)42)46-33-37-26-16-23(36)11-14-29(26)47-33;1-27(2,3)38-24(33)13-18-9-7-5-4-6-8-10-19-15-28(19,26(35)29-39(36,37)21-11-12-21)16-23(32)22-14-20(31)17-30(22)25(18)34;8-7-10-5-3-4(9)1-2-6(5)11-7/h8,10-11,14,16,21-22,24-25,27H,4-7,9,12-13,15,17-20H2,1-3H3,(H,38,43);8,10,18-22,31H,4-7,9,11-17H2,1-3H3,(H,29,35);1-3H/b2*10-8-;/t21-,22-,24-,27+,35-;18-,19-,20-,22+,28-;/m11./s1. The normalized spacial score (nSPS) is 28.6. The number of halogens is 3. The molecule has 2 saturated heterocycles. The first-order chi connectivity index (χ1) is 46.6. The summed E-state index contributed by atoms with van der Waals surface area (Å²) in [6.07, 6.45) is 15.0. The van der Waals surface area contributed by atoms with E-state index in [0.29, 0.717) is 74.5 Å². The molecule has 29 heteroatoms. The molecule has 4 aliphatic heterocycles. The molecule has 540 valence electrons. The van der Waals surface area contributed by atoms with Crippen LogP contribution in [0.1, 0.15) is 183 Å². The van der Waals surface area contributed by atoms with E-state index in [1.807, 2.05) is 24.3 Å². The quantitative estimate of drug-likeness (QED) is 0.0877. The highest BCUT2D eigenvalue weighted by atomic mass is 35.5. The number of fused-ring (bicyclic) bond motifs is 6. The van der Waals surface area contributed by atoms with Crippen molar-refractivity contribution in [2.45, 2.75) is 229 Å². The van der Waals surface area contributed by atoms with Crippen LogP contribution in [-0.2, 0) is 67.9 Å². The van der Waals surface area contributed by atoms with E-state index in [4.69, 9.17) is 34.6 Å². The van der Waals surface area contributed by atoms with Gasteiger partial charge in [0.1, 0.15) is 40.0 Å². The Kier molecular flexibility index (Phi) is 22.7. The maximum atomic E-state index is 14.3. The molecule has 0 radical (unpaired) electrons. The summed E-state index contributed by atoms with van der Waals surface area (Å²) in [5.74, 6) is -6.79. The second kappa shape index (κ2) is 30.2. The van der Waals surface area contributed by atoms with Crippen LogP contribution in [0.15, 0.2) is 69.5 Å². The molecule has 8 aliphatic rings. The zero-order valence-electron chi connectivity index (χ0n) is 56.6. The number of amides is 4. The number of carbonyl (C=O) groups is 8. The summed E-state index contributed by atoms with van der Waals surface area (Å²) in [6.45, 7) is 10.5. The van der Waals surface area contributed by atoms with E-state index < -0.39 is 130 Å². The Balaban J connectivity index is 0.000000188. The smallest absolute Gasteiger partial charge is 0.394 e. The van der Waals surface area contributed by atoms with Crippen LogP contribution >= 0.6 is 11.6 Å². The molecule has 6 heterocycles. The lowest BCUT2D eigenvalue weighted by Gasteiger charge is -2.29. The van der Waals surface area contributed by atoms with Crippen molar-refractivity contribution in [3.8, 4) is 6.08 Å². The first-order valence-electron chi connectivity index (χ1n) is 34.3. The Morgan fingerprint density at radius 2 is 1.07 bits per heavy atom. The Labute approximate surface area is 579 Å². The van der Waals surface area contributed by atoms with Crippen LogP contribution in [-0.4, -0.2) is 148 Å². The van der Waals surface area contributed by atoms with Crippen molar-refractivity contribution < 1.29 is 92.1 Å². The highest BCUT2D eigenvalue weighted by Gasteiger charge is 2.63. The largest absolute Gasteiger partial charge is 0.460 e. The molecule has 6 fully saturated rings. The SMILES string of the molecule is CC(C)(C)OC(=O)C[C@H]1CCCCC/C=C\[C@@H]2C[C@@]2(C(=O)NS(=O)(=O)C2CC2)CC(=O)[C@@H]2C[C@@H](O)CN2C1=O.CC(C)(C)OC(=O)C[C@H]1CCCCC/C=C\[C@@H]2C[C@@]2(C(=O)NS(=O)(=O)C2CC2)CC(=O)[C@@H]2C[C@@H](Oc3nc4cc(F)ccc4o3)CN2C1=O.Fc1ccc2oc(Cl)nc2c1. The number of aromatic nitrogens is 2. The zero-order chi connectivity index (χ0) is 71.6. The number of sulfonamides is 2. The number of aliphatic hydroxyl groups excluding tert-OH is 1. The summed E-state index contributed by atoms with van der Waals surface area (Å²) >= 11 is 5.44. The van der Waals surface area contributed by atoms with Gasteiger partial charge in [0, 0.05) is 56.2 Å². The average molecular weight is 1440 g/mol. The highest BCUT2D eigenvalue weighted by molar-refractivity contribution is 7.91. The summed E-state index contributed by atoms with van der Waals surface area (Å²) in [4.78, 5) is 119. The Hall–Kier alpha value is -7.17. The molecular formula is C70H89ClF2N6O18S2. The van der Waals surface area contributed by atoms with Gasteiger partial charge in [-0.2, -0.15) is 9.97 Å². The van der Waals surface area contributed by atoms with Crippen LogP contribution < -0.4 is 14.2 Å². The third kappa shape index (κ3) is 19.3. The van der Waals surface area contributed by atoms with E-state index >= 15 is 0 Å². The average Bonchev–Trinajstić information content (AvgIpc) is 1.58. The van der Waals surface area contributed by atoms with Crippen molar-refractivity contribution in [2.75, 3.05) is 13.1 Å². The molecule has 0 spiro atoms. The molecule has 3 N–H and O–H groups in total. The van der Waals surface area contributed by atoms with Crippen LogP contribution in [0.2, 0.25) is 5.35 Å². The van der Waals surface area contributed by atoms with E-state index in [2.05, 4.69) is 19.4 Å². The van der Waals surface area contributed by atoms with Gasteiger partial charge < -0.3 is 38.0 Å². The fourth-order valence-electron chi connectivity index (χ4n) is 13.7. The molecule has 4 amide bonds. The number of rotatable bonds is 12. The molecule has 4 saturated carbocycles. The van der Waals surface area contributed by atoms with Gasteiger partial charge in [-0.25, -0.2) is 25.6 Å². The maximum Gasteiger partial charge on any atom is 0.394 e. The van der Waals surface area contributed by atoms with E-state index in [0.717, 1.165) is 44.9 Å². The summed E-state index contributed by atoms with van der Waals surface area (Å²) < 4.78 is 109. The van der Waals surface area contributed by atoms with Crippen LogP contribution in [0.3, 0.4) is 0 Å². The second-order valence-electron chi connectivity index (χ2n) is 29.7. The number of nitrogens with zero attached hydrogens (tertiary/aromatic N) is 4. The third-order valence-corrected chi connectivity index (χ3v) is 23.1. The molecule has 2 aromatic heterocycles. The Morgan fingerprint density at radius 3 is 1.54 bits per heavy atom. The summed E-state index contributed by atoms with van der Waals surface area (Å²) in [5.41, 5.74) is -2.41. The lowest BCUT2D eigenvalue weighted by atomic mass is 9.90. The number of allylic oxidation sites excluding steroid dienone is 4. The maximum absolute atomic E-state index is 14.3. The van der Waals surface area contributed by atoms with Crippen molar-refractivity contribution in [2.24, 2.45) is 34.5 Å². The fourth-order valence-corrected chi connectivity index (χ4v) is 16.6. The summed E-state index contributed by atoms with van der Waals surface area (Å²) in [6, 6.07) is 5.96. The molecule has 10 atom stereocenters. The lowest BCUT2D eigenvalue weighted by molar-refractivity contribution is -0.159. The first kappa shape index (κ1) is 74.5. The molecule has 4 aliphatic carbocycles. The van der Waals surface area contributed by atoms with Gasteiger partial charge in [-0.15, -0.1) is 0 Å². The minimum atomic E-state index is -3.85. The predicted molar refractivity (Wildman–Crippen MR) is 356 cm³/mol. The Bertz CT molecular complexity index is 4030. The number of benzene rings is 2. The van der Waals surface area contributed by atoms with Crippen LogP contribution in [0.25, 0.3) is 22.2 Å². The minimum absolute atomic E-state index is 0.0221. The molecule has 0 unspecified atom stereocenters. The van der Waals surface area contributed by atoms with E-state index in [9.17, 15) is 69.1 Å². The molecule has 2 aromatic carbocycles. The van der Waals surface area contributed by atoms with Crippen molar-refractivity contribution in [3.05, 3.63) is 77.7 Å². The number of hydrogen-bond donors (Lipinski definition) is 3. The predicted octanol–water partition coefficient (Wildman–Crippen LogP) is 9.77. The fraction of sp³-hybridized carbons (Fsp3) is 0.629. The van der Waals surface area contributed by atoms with Crippen molar-refractivity contribution >= 4 is 101 Å². The van der Waals surface area contributed by atoms with Gasteiger partial charge in [-0.3, -0.25) is 47.8 Å². The molecule has 0 bridgehead atoms. The van der Waals surface area contributed by atoms with Gasteiger partial charge in [0.05, 0.1) is 58.9 Å². The number of carbonyl (C=O) groups excluding carboxylic acids is 8. The van der Waals surface area contributed by atoms with Crippen LogP contribution in [0.5, 0.6) is 6.08 Å². The zero-order valence-corrected chi connectivity index (χ0v) is 59.0.